The number of nitrogens with one attached hydrogen (secondary N) is 1. The maximum Gasteiger partial charge on any atom is 0.131 e. The average Bonchev–Trinajstić information content (AvgIpc) is 3.29. The summed E-state index contributed by atoms with van der Waals surface area (Å²) in [7, 11) is 0. The lowest BCUT2D eigenvalue weighted by atomic mass is 10.2. The molecule has 0 amide bonds. The van der Waals surface area contributed by atoms with Crippen LogP contribution in [0.25, 0.3) is 0 Å². The minimum Gasteiger partial charge on any atom is -0.367 e. The maximum absolute atomic E-state index is 4.85. The summed E-state index contributed by atoms with van der Waals surface area (Å²) in [6.45, 7) is 9.71. The topological polar surface area (TPSA) is 41.1 Å². The first-order valence-corrected chi connectivity index (χ1v) is 9.14. The largest absolute Gasteiger partial charge is 0.367 e. The normalized spacial score (nSPS) is 22.9. The highest BCUT2D eigenvalue weighted by Gasteiger charge is 2.24. The van der Waals surface area contributed by atoms with Crippen molar-refractivity contribution in [2.45, 2.75) is 57.4 Å². The summed E-state index contributed by atoms with van der Waals surface area (Å²) in [5, 5.41) is 4.30. The Balaban J connectivity index is 1.81. The molecule has 2 fully saturated rings. The monoisotopic (exact) mass is 306 g/mol. The maximum atomic E-state index is 4.85. The van der Waals surface area contributed by atoms with Crippen molar-refractivity contribution in [3.63, 3.8) is 0 Å². The van der Waals surface area contributed by atoms with E-state index in [-0.39, 0.29) is 0 Å². The standard InChI is InChI=1S/C16H26N4S/c1-11(2)16-18-9-15(20-6-7-21-12(3)10-20)14(19-16)8-17-13-4-5-13/h9,11-13,17H,4-8,10H2,1-3H3. The predicted molar refractivity (Wildman–Crippen MR) is 90.1 cm³/mol. The summed E-state index contributed by atoms with van der Waals surface area (Å²) in [5.74, 6) is 2.54. The third-order valence-electron chi connectivity index (χ3n) is 4.10. The molecule has 2 heterocycles. The third kappa shape index (κ3) is 3.89. The Bertz CT molecular complexity index is 487. The second-order valence-electron chi connectivity index (χ2n) is 6.50. The molecule has 0 radical (unpaired) electrons. The van der Waals surface area contributed by atoms with Gasteiger partial charge in [-0.05, 0) is 12.8 Å². The van der Waals surface area contributed by atoms with Crippen molar-refractivity contribution in [2.75, 3.05) is 23.7 Å². The molecule has 3 rings (SSSR count). The van der Waals surface area contributed by atoms with E-state index in [4.69, 9.17) is 4.98 Å². The number of thioether (sulfide) groups is 1. The fourth-order valence-electron chi connectivity index (χ4n) is 2.66. The van der Waals surface area contributed by atoms with Crippen molar-refractivity contribution in [3.05, 3.63) is 17.7 Å². The molecular weight excluding hydrogens is 280 g/mol. The molecule has 1 aromatic heterocycles. The van der Waals surface area contributed by atoms with Crippen molar-refractivity contribution >= 4 is 17.4 Å². The first kappa shape index (κ1) is 15.1. The molecule has 1 atom stereocenters. The van der Waals surface area contributed by atoms with Gasteiger partial charge in [-0.3, -0.25) is 0 Å². The van der Waals surface area contributed by atoms with E-state index in [9.17, 15) is 0 Å². The smallest absolute Gasteiger partial charge is 0.131 e. The van der Waals surface area contributed by atoms with Gasteiger partial charge in [-0.1, -0.05) is 20.8 Å². The van der Waals surface area contributed by atoms with E-state index in [2.05, 4.69) is 53.9 Å². The first-order valence-electron chi connectivity index (χ1n) is 8.09. The fraction of sp³-hybridized carbons (Fsp3) is 0.750. The Morgan fingerprint density at radius 2 is 2.24 bits per heavy atom. The van der Waals surface area contributed by atoms with Crippen LogP contribution in [0.3, 0.4) is 0 Å². The Hall–Kier alpha value is -0.810. The van der Waals surface area contributed by atoms with Crippen molar-refractivity contribution in [1.82, 2.24) is 15.3 Å². The van der Waals surface area contributed by atoms with Crippen LogP contribution in [0.15, 0.2) is 6.20 Å². The number of rotatable bonds is 5. The zero-order valence-electron chi connectivity index (χ0n) is 13.3. The van der Waals surface area contributed by atoms with E-state index in [1.54, 1.807) is 0 Å². The Kier molecular flexibility index (Phi) is 4.69. The lowest BCUT2D eigenvalue weighted by Crippen LogP contribution is -2.38. The van der Waals surface area contributed by atoms with E-state index in [1.807, 2.05) is 0 Å². The Morgan fingerprint density at radius 1 is 1.43 bits per heavy atom. The van der Waals surface area contributed by atoms with E-state index < -0.39 is 0 Å². The van der Waals surface area contributed by atoms with Gasteiger partial charge in [-0.15, -0.1) is 0 Å². The number of anilines is 1. The number of hydrogen-bond acceptors (Lipinski definition) is 5. The molecule has 1 N–H and O–H groups in total. The average molecular weight is 306 g/mol. The molecule has 4 nitrogen and oxygen atoms in total. The minimum absolute atomic E-state index is 0.384. The van der Waals surface area contributed by atoms with Crippen LogP contribution >= 0.6 is 11.8 Å². The van der Waals surface area contributed by atoms with Crippen molar-refractivity contribution in [3.8, 4) is 0 Å². The summed E-state index contributed by atoms with van der Waals surface area (Å²) < 4.78 is 0. The summed E-state index contributed by atoms with van der Waals surface area (Å²) >= 11 is 2.06. The highest BCUT2D eigenvalue weighted by Crippen LogP contribution is 2.27. The molecule has 0 spiro atoms. The molecule has 21 heavy (non-hydrogen) atoms. The van der Waals surface area contributed by atoms with Crippen LogP contribution in [0.5, 0.6) is 0 Å². The van der Waals surface area contributed by atoms with Gasteiger partial charge in [0.05, 0.1) is 17.6 Å². The predicted octanol–water partition coefficient (Wildman–Crippen LogP) is 2.79. The van der Waals surface area contributed by atoms with Gasteiger partial charge in [0, 0.05) is 42.6 Å². The van der Waals surface area contributed by atoms with Crippen molar-refractivity contribution in [1.29, 1.82) is 0 Å². The van der Waals surface area contributed by atoms with Crippen LogP contribution in [0.2, 0.25) is 0 Å². The van der Waals surface area contributed by atoms with Gasteiger partial charge in [0.15, 0.2) is 0 Å². The highest BCUT2D eigenvalue weighted by atomic mass is 32.2. The zero-order chi connectivity index (χ0) is 14.8. The molecule has 0 aromatic carbocycles. The van der Waals surface area contributed by atoms with Crippen LogP contribution < -0.4 is 10.2 Å². The fourth-order valence-corrected chi connectivity index (χ4v) is 3.68. The second-order valence-corrected chi connectivity index (χ2v) is 8.04. The van der Waals surface area contributed by atoms with Crippen molar-refractivity contribution in [2.24, 2.45) is 0 Å². The first-order chi connectivity index (χ1) is 10.1. The Labute approximate surface area is 132 Å². The molecule has 2 aliphatic rings. The van der Waals surface area contributed by atoms with Crippen molar-refractivity contribution < 1.29 is 0 Å². The van der Waals surface area contributed by atoms with E-state index in [0.717, 1.165) is 25.5 Å². The van der Waals surface area contributed by atoms with Gasteiger partial charge in [-0.2, -0.15) is 11.8 Å². The molecule has 0 bridgehead atoms. The lowest BCUT2D eigenvalue weighted by molar-refractivity contribution is 0.652. The minimum atomic E-state index is 0.384. The van der Waals surface area contributed by atoms with Gasteiger partial charge >= 0.3 is 0 Å². The lowest BCUT2D eigenvalue weighted by Gasteiger charge is -2.33. The summed E-state index contributed by atoms with van der Waals surface area (Å²) in [6, 6.07) is 0.714. The molecule has 116 valence electrons. The molecular formula is C16H26N4S. The van der Waals surface area contributed by atoms with Gasteiger partial charge in [0.25, 0.3) is 0 Å². The van der Waals surface area contributed by atoms with Crippen LogP contribution in [0.4, 0.5) is 5.69 Å². The molecule has 1 unspecified atom stereocenters. The number of nitrogens with zero attached hydrogens (tertiary/aromatic N) is 3. The van der Waals surface area contributed by atoms with Crippen LogP contribution in [0, 0.1) is 0 Å². The summed E-state index contributed by atoms with van der Waals surface area (Å²) in [5.41, 5.74) is 2.42. The molecule has 1 saturated carbocycles. The van der Waals surface area contributed by atoms with E-state index in [1.165, 1.54) is 30.0 Å². The molecule has 1 aromatic rings. The van der Waals surface area contributed by atoms with Gasteiger partial charge in [0.1, 0.15) is 5.82 Å². The second kappa shape index (κ2) is 6.53. The molecule has 5 heteroatoms. The number of aromatic nitrogens is 2. The van der Waals surface area contributed by atoms with E-state index >= 15 is 0 Å². The summed E-state index contributed by atoms with van der Waals surface area (Å²) in [6.07, 6.45) is 4.68. The molecule has 1 saturated heterocycles. The quantitative estimate of drug-likeness (QED) is 0.906. The van der Waals surface area contributed by atoms with Crippen LogP contribution in [0.1, 0.15) is 51.0 Å². The number of hydrogen-bond donors (Lipinski definition) is 1. The van der Waals surface area contributed by atoms with E-state index in [0.29, 0.717) is 17.2 Å². The van der Waals surface area contributed by atoms with Crippen LogP contribution in [-0.4, -0.2) is 40.1 Å². The third-order valence-corrected chi connectivity index (χ3v) is 5.23. The summed E-state index contributed by atoms with van der Waals surface area (Å²) in [4.78, 5) is 11.9. The van der Waals surface area contributed by atoms with Gasteiger partial charge < -0.3 is 10.2 Å². The van der Waals surface area contributed by atoms with Gasteiger partial charge in [0.2, 0.25) is 0 Å². The Morgan fingerprint density at radius 3 is 2.90 bits per heavy atom. The van der Waals surface area contributed by atoms with Gasteiger partial charge in [-0.25, -0.2) is 9.97 Å². The molecule has 1 aliphatic carbocycles. The zero-order valence-corrected chi connectivity index (χ0v) is 14.1. The SMILES string of the molecule is CC1CN(c2cnc(C(C)C)nc2CNC2CC2)CCS1. The van der Waals surface area contributed by atoms with Crippen LogP contribution in [-0.2, 0) is 6.54 Å². The molecule has 1 aliphatic heterocycles. The highest BCUT2D eigenvalue weighted by molar-refractivity contribution is 8.00.